The van der Waals surface area contributed by atoms with E-state index in [1.807, 2.05) is 21.1 Å². The van der Waals surface area contributed by atoms with Gasteiger partial charge in [-0.05, 0) is 128 Å². The van der Waals surface area contributed by atoms with Crippen molar-refractivity contribution in [1.82, 2.24) is 0 Å². The minimum atomic E-state index is -4.66. The van der Waals surface area contributed by atoms with Crippen LogP contribution in [0, 0.1) is 0 Å². The van der Waals surface area contributed by atoms with Gasteiger partial charge in [-0.2, -0.15) is 0 Å². The number of unbranched alkanes of at least 4 members (excludes halogenated alkanes) is 32. The van der Waals surface area contributed by atoms with E-state index in [2.05, 4.69) is 184 Å². The fourth-order valence-electron chi connectivity index (χ4n) is 11.1. The maximum absolute atomic E-state index is 12.9. The average molecular weight is 1410 g/mol. The number of nitrogens with zero attached hydrogens (tertiary/aromatic N) is 1. The highest BCUT2D eigenvalue weighted by Gasteiger charge is 2.22. The van der Waals surface area contributed by atoms with Gasteiger partial charge in [0.15, 0.2) is 6.10 Å². The monoisotopic (exact) mass is 1410 g/mol. The molecule has 0 spiro atoms. The lowest BCUT2D eigenvalue weighted by molar-refractivity contribution is -0.870. The predicted octanol–water partition coefficient (Wildman–Crippen LogP) is 27.0. The molecule has 0 aliphatic carbocycles. The Morgan fingerprint density at radius 2 is 0.540 bits per heavy atom. The lowest BCUT2D eigenvalue weighted by Crippen LogP contribution is -2.37. The van der Waals surface area contributed by atoms with Gasteiger partial charge in [-0.1, -0.05) is 364 Å². The Hall–Kier alpha value is -4.63. The number of rotatable bonds is 74. The molecule has 0 radical (unpaired) electrons. The topological polar surface area (TPSA) is 111 Å². The lowest BCUT2D eigenvalue weighted by Gasteiger charge is -2.28. The number of phosphoric ester groups is 1. The van der Waals surface area contributed by atoms with Crippen LogP contribution in [0.2, 0.25) is 0 Å². The summed E-state index contributed by atoms with van der Waals surface area (Å²) in [6.07, 6.45) is 119. The molecule has 0 fully saturated rings. The highest BCUT2D eigenvalue weighted by atomic mass is 31.2. The van der Waals surface area contributed by atoms with Gasteiger partial charge < -0.3 is 27.9 Å². The average Bonchev–Trinajstić information content (AvgIpc) is 1.02. The maximum Gasteiger partial charge on any atom is 0.306 e. The Morgan fingerprint density at radius 3 is 0.800 bits per heavy atom. The molecule has 0 aliphatic heterocycles. The lowest BCUT2D eigenvalue weighted by atomic mass is 10.0. The third-order valence-electron chi connectivity index (χ3n) is 17.2. The molecular weight excluding hydrogens is 1250 g/mol. The summed E-state index contributed by atoms with van der Waals surface area (Å²) in [7, 11) is 1.16. The Morgan fingerprint density at radius 1 is 0.310 bits per heavy atom. The van der Waals surface area contributed by atoms with Crippen LogP contribution in [-0.2, 0) is 32.7 Å². The Labute approximate surface area is 617 Å². The minimum absolute atomic E-state index is 0.0378. The highest BCUT2D eigenvalue weighted by molar-refractivity contribution is 7.45. The van der Waals surface area contributed by atoms with Gasteiger partial charge in [0, 0.05) is 12.8 Å². The Kier molecular flexibility index (Phi) is 74.9. The first kappa shape index (κ1) is 95.4. The molecule has 0 N–H and O–H groups in total. The van der Waals surface area contributed by atoms with E-state index in [-0.39, 0.29) is 32.0 Å². The van der Waals surface area contributed by atoms with E-state index in [0.717, 1.165) is 135 Å². The molecule has 9 nitrogen and oxygen atoms in total. The van der Waals surface area contributed by atoms with Crippen LogP contribution in [-0.4, -0.2) is 70.0 Å². The molecule has 2 unspecified atom stereocenters. The number of carbonyl (C=O) groups is 2. The van der Waals surface area contributed by atoms with E-state index in [1.54, 1.807) is 0 Å². The van der Waals surface area contributed by atoms with Crippen LogP contribution < -0.4 is 4.89 Å². The normalized spacial score (nSPS) is 13.9. The standard InChI is InChI=1S/C90H152NO8P/c1-6-8-10-12-14-16-18-20-22-24-26-28-30-32-34-36-38-40-42-44-45-47-48-50-52-54-56-58-60-62-64-66-68-70-72-74-76-78-80-82-89(92)96-86-88(87-98-100(94,95)97-85-84-91(3,4)5)99-90(93)83-81-79-77-75-73-71-69-67-65-63-61-59-57-55-53-51-49-46-43-41-39-37-35-33-31-29-27-25-23-21-19-17-15-13-11-9-7-2/h8-11,14-17,20-23,26-29,32-35,39,41,46,49,53,55,59,61,88H,6-7,12-13,18-19,24-25,30-31,36-38,40,42-45,47-48,50-52,54,56-58,60,62-87H2,1-5H3/b10-8-,11-9-,16-14-,17-15-,22-20-,23-21-,28-26-,29-27-,34-32-,35-33-,41-39-,49-46-,55-53-,61-59-. The molecular formula is C90H152NO8P. The molecule has 0 saturated heterocycles. The van der Waals surface area contributed by atoms with E-state index in [1.165, 1.54) is 167 Å². The Bertz CT molecular complexity index is 2300. The number of phosphoric acid groups is 1. The molecule has 0 aliphatic rings. The van der Waals surface area contributed by atoms with Crippen LogP contribution in [0.5, 0.6) is 0 Å². The first-order valence-corrected chi connectivity index (χ1v) is 42.3. The molecule has 570 valence electrons. The van der Waals surface area contributed by atoms with Crippen molar-refractivity contribution in [2.45, 2.75) is 341 Å². The van der Waals surface area contributed by atoms with Gasteiger partial charge in [-0.25, -0.2) is 0 Å². The van der Waals surface area contributed by atoms with E-state index in [4.69, 9.17) is 18.5 Å². The molecule has 0 rings (SSSR count). The third kappa shape index (κ3) is 82.3. The van der Waals surface area contributed by atoms with Crippen molar-refractivity contribution < 1.29 is 42.1 Å². The number of likely N-dealkylation sites (N-methyl/N-ethyl adjacent to an activating group) is 1. The summed E-state index contributed by atoms with van der Waals surface area (Å²) in [5.74, 6) is -0.837. The second-order valence-electron chi connectivity index (χ2n) is 28.0. The van der Waals surface area contributed by atoms with Crippen molar-refractivity contribution >= 4 is 19.8 Å². The number of hydrogen-bond acceptors (Lipinski definition) is 8. The molecule has 0 heterocycles. The second kappa shape index (κ2) is 78.5. The summed E-state index contributed by atoms with van der Waals surface area (Å²) in [6.45, 7) is 4.02. The van der Waals surface area contributed by atoms with Gasteiger partial charge in [0.2, 0.25) is 0 Å². The van der Waals surface area contributed by atoms with Crippen LogP contribution in [0.15, 0.2) is 170 Å². The number of allylic oxidation sites excluding steroid dienone is 28. The zero-order valence-corrected chi connectivity index (χ0v) is 66.0. The second-order valence-corrected chi connectivity index (χ2v) is 29.4. The van der Waals surface area contributed by atoms with Crippen molar-refractivity contribution in [3.05, 3.63) is 170 Å². The molecule has 0 amide bonds. The quantitative estimate of drug-likeness (QED) is 0.0195. The molecule has 100 heavy (non-hydrogen) atoms. The number of esters is 2. The van der Waals surface area contributed by atoms with Gasteiger partial charge in [-0.15, -0.1) is 0 Å². The summed E-state index contributed by atoms with van der Waals surface area (Å²) in [6, 6.07) is 0. The van der Waals surface area contributed by atoms with E-state index < -0.39 is 26.5 Å². The molecule has 0 aromatic carbocycles. The molecule has 0 aromatic rings. The molecule has 10 heteroatoms. The predicted molar refractivity (Wildman–Crippen MR) is 433 cm³/mol. The fourth-order valence-corrected chi connectivity index (χ4v) is 11.8. The number of carbonyl (C=O) groups excluding carboxylic acids is 2. The van der Waals surface area contributed by atoms with Crippen LogP contribution in [0.1, 0.15) is 335 Å². The molecule has 0 aromatic heterocycles. The third-order valence-corrected chi connectivity index (χ3v) is 18.2. The summed E-state index contributed by atoms with van der Waals surface area (Å²) in [5, 5.41) is 0. The first-order valence-electron chi connectivity index (χ1n) is 40.8. The van der Waals surface area contributed by atoms with Crippen molar-refractivity contribution in [1.29, 1.82) is 0 Å². The van der Waals surface area contributed by atoms with Crippen LogP contribution in [0.25, 0.3) is 0 Å². The van der Waals surface area contributed by atoms with Crippen molar-refractivity contribution in [2.75, 3.05) is 47.5 Å². The summed E-state index contributed by atoms with van der Waals surface area (Å²) in [5.41, 5.74) is 0. The van der Waals surface area contributed by atoms with Crippen LogP contribution in [0.3, 0.4) is 0 Å². The number of quaternary nitrogens is 1. The van der Waals surface area contributed by atoms with Gasteiger partial charge >= 0.3 is 11.9 Å². The zero-order valence-electron chi connectivity index (χ0n) is 65.1. The van der Waals surface area contributed by atoms with E-state index in [9.17, 15) is 19.0 Å². The van der Waals surface area contributed by atoms with Gasteiger partial charge in [0.1, 0.15) is 19.8 Å². The SMILES string of the molecule is CC/C=C\C/C=C\C/C=C\C/C=C\C/C=C\C/C=C\C/C=C\C/C=C\C/C=C\CCCCCCCCCCCC(=O)OC(COC(=O)CCCCCCCCCCCCCCCCCCCCCCCCC/C=C\C/C=C\C/C=C\C/C=C\C/C=C\CC)COP(=O)([O-])OCC[N+](C)(C)C. The summed E-state index contributed by atoms with van der Waals surface area (Å²) in [4.78, 5) is 38.2. The fraction of sp³-hybridized carbons (Fsp3) is 0.667. The van der Waals surface area contributed by atoms with Gasteiger partial charge in [0.05, 0.1) is 27.7 Å². The van der Waals surface area contributed by atoms with Crippen molar-refractivity contribution in [3.8, 4) is 0 Å². The number of ether oxygens (including phenoxy) is 2. The van der Waals surface area contributed by atoms with E-state index in [0.29, 0.717) is 17.4 Å². The highest BCUT2D eigenvalue weighted by Crippen LogP contribution is 2.38. The molecule has 0 saturated carbocycles. The van der Waals surface area contributed by atoms with Gasteiger partial charge in [0.25, 0.3) is 7.82 Å². The zero-order chi connectivity index (χ0) is 72.5. The van der Waals surface area contributed by atoms with Crippen LogP contribution >= 0.6 is 7.82 Å². The van der Waals surface area contributed by atoms with Crippen molar-refractivity contribution in [3.63, 3.8) is 0 Å². The minimum Gasteiger partial charge on any atom is -0.756 e. The Balaban J connectivity index is 4.00. The maximum atomic E-state index is 12.9. The molecule has 0 bridgehead atoms. The largest absolute Gasteiger partial charge is 0.756 e. The van der Waals surface area contributed by atoms with Crippen LogP contribution in [0.4, 0.5) is 0 Å². The summed E-state index contributed by atoms with van der Waals surface area (Å²) >= 11 is 0. The van der Waals surface area contributed by atoms with E-state index >= 15 is 0 Å². The summed E-state index contributed by atoms with van der Waals surface area (Å²) < 4.78 is 34.4. The smallest absolute Gasteiger partial charge is 0.306 e. The van der Waals surface area contributed by atoms with Crippen molar-refractivity contribution in [2.24, 2.45) is 0 Å². The first-order chi connectivity index (χ1) is 49.0. The number of hydrogen-bond donors (Lipinski definition) is 0. The molecule has 2 atom stereocenters. The van der Waals surface area contributed by atoms with Gasteiger partial charge in [-0.3, -0.25) is 14.2 Å².